The maximum absolute atomic E-state index is 12.9. The van der Waals surface area contributed by atoms with Gasteiger partial charge in [-0.2, -0.15) is 0 Å². The van der Waals surface area contributed by atoms with E-state index in [1.54, 1.807) is 0 Å². The van der Waals surface area contributed by atoms with E-state index >= 15 is 0 Å². The van der Waals surface area contributed by atoms with Crippen molar-refractivity contribution in [1.29, 1.82) is 0 Å². The lowest BCUT2D eigenvalue weighted by atomic mass is 9.94. The number of carbonyl (C=O) groups excluding carboxylic acids is 1. The minimum Gasteiger partial charge on any atom is -0.465 e. The van der Waals surface area contributed by atoms with E-state index in [0.717, 1.165) is 42.7 Å². The predicted octanol–water partition coefficient (Wildman–Crippen LogP) is 4.37. The molecule has 3 saturated heterocycles. The van der Waals surface area contributed by atoms with Crippen molar-refractivity contribution in [3.05, 3.63) is 66.0 Å². The number of fused-ring (bicyclic) bond motifs is 3. The monoisotopic (exact) mass is 501 g/mol. The van der Waals surface area contributed by atoms with E-state index in [4.69, 9.17) is 10.1 Å². The Hall–Kier alpha value is -3.39. The fraction of sp³-hybridized carbons (Fsp3) is 0.483. The van der Waals surface area contributed by atoms with Crippen LogP contribution >= 0.6 is 0 Å². The lowest BCUT2D eigenvalue weighted by molar-refractivity contribution is -0.130. The molecule has 2 aromatic carbocycles. The van der Waals surface area contributed by atoms with Gasteiger partial charge in [-0.15, -0.1) is 0 Å². The van der Waals surface area contributed by atoms with E-state index in [2.05, 4.69) is 58.1 Å². The first kappa shape index (κ1) is 24.0. The van der Waals surface area contributed by atoms with Crippen LogP contribution in [0.2, 0.25) is 0 Å². The molecule has 37 heavy (non-hydrogen) atoms. The zero-order valence-electron chi connectivity index (χ0n) is 21.3. The van der Waals surface area contributed by atoms with Crippen LogP contribution in [-0.2, 0) is 4.79 Å². The van der Waals surface area contributed by atoms with Gasteiger partial charge in [-0.3, -0.25) is 9.69 Å². The zero-order valence-corrected chi connectivity index (χ0v) is 21.3. The van der Waals surface area contributed by atoms with Gasteiger partial charge in [0.15, 0.2) is 0 Å². The maximum Gasteiger partial charge on any atom is 0.407 e. The van der Waals surface area contributed by atoms with E-state index in [1.165, 1.54) is 23.3 Å². The number of hydrogen-bond acceptors (Lipinski definition) is 4. The molecule has 2 N–H and O–H groups in total. The summed E-state index contributed by atoms with van der Waals surface area (Å²) in [4.78, 5) is 32.8. The molecule has 3 aliphatic rings. The number of piperidine rings is 1. The number of nitrogens with one attached hydrogen (secondary N) is 1. The summed E-state index contributed by atoms with van der Waals surface area (Å²) in [6.45, 7) is 3.63. The third-order valence-corrected chi connectivity index (χ3v) is 8.71. The van der Waals surface area contributed by atoms with Crippen LogP contribution < -0.4 is 5.32 Å². The highest BCUT2D eigenvalue weighted by Gasteiger charge is 2.42. The average molecular weight is 502 g/mol. The third-order valence-electron chi connectivity index (χ3n) is 8.71. The molecule has 4 heterocycles. The summed E-state index contributed by atoms with van der Waals surface area (Å²) in [6, 6.07) is 20.1. The van der Waals surface area contributed by atoms with Crippen molar-refractivity contribution in [3.8, 4) is 0 Å². The van der Waals surface area contributed by atoms with Crippen molar-refractivity contribution >= 4 is 23.0 Å². The number of aryl methyl sites for hydroxylation is 1. The number of rotatable bonds is 7. The molecule has 0 aliphatic carbocycles. The van der Waals surface area contributed by atoms with Gasteiger partial charge >= 0.3 is 6.09 Å². The first-order valence-corrected chi connectivity index (χ1v) is 13.5. The van der Waals surface area contributed by atoms with Crippen molar-refractivity contribution in [3.63, 3.8) is 0 Å². The number of benzene rings is 2. The Kier molecular flexibility index (Phi) is 6.36. The molecule has 8 heteroatoms. The topological polar surface area (TPSA) is 90.7 Å². The highest BCUT2D eigenvalue weighted by Crippen LogP contribution is 2.42. The first-order chi connectivity index (χ1) is 18.0. The highest BCUT2D eigenvalue weighted by molar-refractivity contribution is 5.82. The Balaban J connectivity index is 1.12. The Morgan fingerprint density at radius 2 is 1.68 bits per heavy atom. The maximum atomic E-state index is 12.9. The highest BCUT2D eigenvalue weighted by atomic mass is 16.4. The molecular formula is C29H35N5O3. The van der Waals surface area contributed by atoms with Gasteiger partial charge in [-0.05, 0) is 56.7 Å². The smallest absolute Gasteiger partial charge is 0.407 e. The summed E-state index contributed by atoms with van der Waals surface area (Å²) in [6.07, 6.45) is 4.60. The van der Waals surface area contributed by atoms with Crippen molar-refractivity contribution < 1.29 is 14.7 Å². The number of aromatic nitrogens is 2. The van der Waals surface area contributed by atoms with Crippen LogP contribution in [0.5, 0.6) is 0 Å². The fourth-order valence-corrected chi connectivity index (χ4v) is 6.82. The van der Waals surface area contributed by atoms with Crippen LogP contribution in [0.4, 0.5) is 4.79 Å². The molecule has 1 aromatic heterocycles. The van der Waals surface area contributed by atoms with Crippen LogP contribution in [0.15, 0.2) is 54.6 Å². The van der Waals surface area contributed by atoms with Gasteiger partial charge < -0.3 is 19.9 Å². The normalized spacial score (nSPS) is 24.7. The second-order valence-corrected chi connectivity index (χ2v) is 10.9. The molecule has 2 bridgehead atoms. The van der Waals surface area contributed by atoms with Crippen LogP contribution in [0, 0.1) is 12.8 Å². The van der Waals surface area contributed by atoms with E-state index in [9.17, 15) is 9.59 Å². The Morgan fingerprint density at radius 1 is 1.00 bits per heavy atom. The lowest BCUT2D eigenvalue weighted by Gasteiger charge is -2.41. The summed E-state index contributed by atoms with van der Waals surface area (Å²) in [5.41, 5.74) is 3.42. The van der Waals surface area contributed by atoms with Crippen molar-refractivity contribution in [2.75, 3.05) is 19.6 Å². The van der Waals surface area contributed by atoms with Crippen molar-refractivity contribution in [2.45, 2.75) is 63.2 Å². The number of amides is 2. The van der Waals surface area contributed by atoms with Gasteiger partial charge in [0.1, 0.15) is 5.82 Å². The number of para-hydroxylation sites is 2. The number of likely N-dealkylation sites (tertiary alicyclic amines) is 1. The second-order valence-electron chi connectivity index (χ2n) is 10.9. The number of nitrogens with zero attached hydrogens (tertiary/aromatic N) is 4. The second kappa shape index (κ2) is 9.82. The number of carbonyl (C=O) groups is 2. The minimum absolute atomic E-state index is 0.0458. The molecule has 0 saturated carbocycles. The first-order valence-electron chi connectivity index (χ1n) is 13.5. The average Bonchev–Trinajstić information content (AvgIpc) is 3.31. The fourth-order valence-electron chi connectivity index (χ4n) is 6.82. The predicted molar refractivity (Wildman–Crippen MR) is 141 cm³/mol. The minimum atomic E-state index is -0.957. The molecule has 8 nitrogen and oxygen atoms in total. The molecule has 3 atom stereocenters. The molecule has 2 amide bonds. The van der Waals surface area contributed by atoms with Gasteiger partial charge in [0.05, 0.1) is 23.0 Å². The Labute approximate surface area is 217 Å². The third kappa shape index (κ3) is 4.59. The Bertz CT molecular complexity index is 1270. The molecule has 2 unspecified atom stereocenters. The molecule has 0 radical (unpaired) electrons. The standard InChI is InChI=1S/C29H35N5O3/c1-19-30-26-9-5-6-10-27(26)34(19)24-15-22-11-12-23(16-24)33(22)14-13-25(20-7-3-2-4-8-20)31-28(35)21-17-32(18-21)29(36)37/h2-10,21-25H,11-18H2,1H3,(H,31,35)(H,36,37)/t22?,23?,24?,25-/m0/s1. The number of hydrogen-bond donors (Lipinski definition) is 2. The van der Waals surface area contributed by atoms with Gasteiger partial charge in [0.25, 0.3) is 0 Å². The van der Waals surface area contributed by atoms with Gasteiger partial charge in [0.2, 0.25) is 5.91 Å². The summed E-state index contributed by atoms with van der Waals surface area (Å²) in [7, 11) is 0. The van der Waals surface area contributed by atoms with Gasteiger partial charge in [-0.1, -0.05) is 42.5 Å². The van der Waals surface area contributed by atoms with Gasteiger partial charge in [-0.25, -0.2) is 9.78 Å². The zero-order chi connectivity index (χ0) is 25.5. The van der Waals surface area contributed by atoms with Crippen molar-refractivity contribution in [2.24, 2.45) is 5.92 Å². The molecule has 3 aromatic rings. The molecule has 3 aliphatic heterocycles. The Morgan fingerprint density at radius 3 is 2.38 bits per heavy atom. The molecule has 6 rings (SSSR count). The summed E-state index contributed by atoms with van der Waals surface area (Å²) < 4.78 is 2.46. The molecular weight excluding hydrogens is 466 g/mol. The van der Waals surface area contributed by atoms with E-state index in [1.807, 2.05) is 18.2 Å². The summed E-state index contributed by atoms with van der Waals surface area (Å²) in [5, 5.41) is 12.4. The van der Waals surface area contributed by atoms with E-state index in [-0.39, 0.29) is 31.0 Å². The number of imidazole rings is 1. The van der Waals surface area contributed by atoms with Gasteiger partial charge in [0, 0.05) is 37.8 Å². The van der Waals surface area contributed by atoms with Crippen LogP contribution in [0.3, 0.4) is 0 Å². The van der Waals surface area contributed by atoms with E-state index < -0.39 is 6.09 Å². The van der Waals surface area contributed by atoms with Crippen LogP contribution in [0.25, 0.3) is 11.0 Å². The number of carboxylic acid groups (broad SMARTS) is 1. The molecule has 3 fully saturated rings. The van der Waals surface area contributed by atoms with Crippen LogP contribution in [0.1, 0.15) is 55.6 Å². The SMILES string of the molecule is Cc1nc2ccccc2n1C1CC2CCC(C1)N2CC[C@H](NC(=O)C1CN(C(=O)O)C1)c1ccccc1. The largest absolute Gasteiger partial charge is 0.465 e. The van der Waals surface area contributed by atoms with Crippen molar-refractivity contribution in [1.82, 2.24) is 24.7 Å². The summed E-state index contributed by atoms with van der Waals surface area (Å²) in [5.74, 6) is 0.793. The summed E-state index contributed by atoms with van der Waals surface area (Å²) >= 11 is 0. The molecule has 0 spiro atoms. The lowest BCUT2D eigenvalue weighted by Crippen LogP contribution is -2.55. The molecule has 194 valence electrons. The van der Waals surface area contributed by atoms with E-state index in [0.29, 0.717) is 18.1 Å². The quantitative estimate of drug-likeness (QED) is 0.502. The van der Waals surface area contributed by atoms with Crippen LogP contribution in [-0.4, -0.2) is 68.2 Å².